The first kappa shape index (κ1) is 18.3. The molecular formula is C16H16Cl2N2O4. The van der Waals surface area contributed by atoms with E-state index in [0.29, 0.717) is 35.0 Å². The fourth-order valence-electron chi connectivity index (χ4n) is 2.01. The van der Waals surface area contributed by atoms with Gasteiger partial charge in [0.1, 0.15) is 6.26 Å². The van der Waals surface area contributed by atoms with Crippen molar-refractivity contribution in [2.45, 2.75) is 25.7 Å². The van der Waals surface area contributed by atoms with Crippen LogP contribution in [0, 0.1) is 0 Å². The van der Waals surface area contributed by atoms with Crippen LogP contribution in [0.15, 0.2) is 28.9 Å². The summed E-state index contributed by atoms with van der Waals surface area (Å²) in [5, 5.41) is 12.0. The summed E-state index contributed by atoms with van der Waals surface area (Å²) in [4.78, 5) is 26.5. The number of amides is 1. The fraction of sp³-hybridized carbons (Fsp3) is 0.312. The molecule has 128 valence electrons. The number of hydrogen-bond acceptors (Lipinski definition) is 4. The largest absolute Gasteiger partial charge is 0.481 e. The first-order chi connectivity index (χ1) is 11.5. The van der Waals surface area contributed by atoms with Gasteiger partial charge < -0.3 is 14.8 Å². The molecule has 0 spiro atoms. The summed E-state index contributed by atoms with van der Waals surface area (Å²) < 4.78 is 5.30. The Morgan fingerprint density at radius 3 is 2.67 bits per heavy atom. The van der Waals surface area contributed by atoms with Gasteiger partial charge in [-0.2, -0.15) is 0 Å². The Hall–Kier alpha value is -2.05. The summed E-state index contributed by atoms with van der Waals surface area (Å²) in [6.45, 7) is 0.452. The SMILES string of the molecule is O=C(O)CCCCCNC(=O)c1coc(-c2ccc(Cl)c(Cl)c2)n1. The standard InChI is InChI=1S/C16H16Cl2N2O4/c17-11-6-5-10(8-12(11)18)16-20-13(9-24-16)15(23)19-7-3-1-2-4-14(21)22/h5-6,8-9H,1-4,7H2,(H,19,23)(H,21,22). The number of carbonyl (C=O) groups is 2. The number of carboxylic acid groups (broad SMARTS) is 1. The van der Waals surface area contributed by atoms with E-state index in [1.165, 1.54) is 6.26 Å². The van der Waals surface area contributed by atoms with Gasteiger partial charge in [-0.25, -0.2) is 4.98 Å². The minimum Gasteiger partial charge on any atom is -0.481 e. The highest BCUT2D eigenvalue weighted by Crippen LogP contribution is 2.28. The van der Waals surface area contributed by atoms with Crippen molar-refractivity contribution in [1.29, 1.82) is 0 Å². The van der Waals surface area contributed by atoms with Crippen LogP contribution in [-0.4, -0.2) is 28.5 Å². The summed E-state index contributed by atoms with van der Waals surface area (Å²) >= 11 is 11.8. The summed E-state index contributed by atoms with van der Waals surface area (Å²) in [5.41, 5.74) is 0.790. The molecule has 0 unspecified atom stereocenters. The number of unbranched alkanes of at least 4 members (excludes halogenated alkanes) is 2. The van der Waals surface area contributed by atoms with Gasteiger partial charge in [0, 0.05) is 18.5 Å². The van der Waals surface area contributed by atoms with Crippen molar-refractivity contribution in [3.8, 4) is 11.5 Å². The lowest BCUT2D eigenvalue weighted by Crippen LogP contribution is -2.24. The van der Waals surface area contributed by atoms with Gasteiger partial charge in [-0.1, -0.05) is 29.6 Å². The third-order valence-corrected chi connectivity index (χ3v) is 4.00. The molecule has 0 saturated heterocycles. The maximum atomic E-state index is 12.0. The molecule has 8 heteroatoms. The van der Waals surface area contributed by atoms with Crippen LogP contribution in [0.4, 0.5) is 0 Å². The van der Waals surface area contributed by atoms with Crippen LogP contribution in [-0.2, 0) is 4.79 Å². The topological polar surface area (TPSA) is 92.4 Å². The number of oxazole rings is 1. The molecule has 0 bridgehead atoms. The average Bonchev–Trinajstić information content (AvgIpc) is 3.03. The maximum absolute atomic E-state index is 12.0. The number of aromatic nitrogens is 1. The number of halogens is 2. The number of nitrogens with one attached hydrogen (secondary N) is 1. The monoisotopic (exact) mass is 370 g/mol. The van der Waals surface area contributed by atoms with Crippen LogP contribution in [0.2, 0.25) is 10.0 Å². The number of nitrogens with zero attached hydrogens (tertiary/aromatic N) is 1. The second-order valence-electron chi connectivity index (χ2n) is 5.13. The lowest BCUT2D eigenvalue weighted by molar-refractivity contribution is -0.137. The van der Waals surface area contributed by atoms with Crippen molar-refractivity contribution in [3.05, 3.63) is 40.2 Å². The Morgan fingerprint density at radius 1 is 1.17 bits per heavy atom. The van der Waals surface area contributed by atoms with Gasteiger partial charge in [0.15, 0.2) is 5.69 Å². The van der Waals surface area contributed by atoms with Crippen molar-refractivity contribution in [3.63, 3.8) is 0 Å². The van der Waals surface area contributed by atoms with E-state index in [2.05, 4.69) is 10.3 Å². The molecule has 0 aliphatic heterocycles. The molecule has 0 radical (unpaired) electrons. The van der Waals surface area contributed by atoms with E-state index < -0.39 is 5.97 Å². The molecule has 0 aliphatic carbocycles. The Kier molecular flexibility index (Phi) is 6.63. The minimum absolute atomic E-state index is 0.143. The molecule has 24 heavy (non-hydrogen) atoms. The predicted octanol–water partition coefficient (Wildman–Crippen LogP) is 4.02. The summed E-state index contributed by atoms with van der Waals surface area (Å²) in [5.74, 6) is -0.875. The van der Waals surface area contributed by atoms with Crippen LogP contribution in [0.25, 0.3) is 11.5 Å². The van der Waals surface area contributed by atoms with Gasteiger partial charge in [-0.15, -0.1) is 0 Å². The Bertz CT molecular complexity index is 731. The highest BCUT2D eigenvalue weighted by molar-refractivity contribution is 6.42. The Balaban J connectivity index is 1.84. The second kappa shape index (κ2) is 8.70. The molecule has 2 N–H and O–H groups in total. The highest BCUT2D eigenvalue weighted by Gasteiger charge is 2.13. The van der Waals surface area contributed by atoms with E-state index in [1.54, 1.807) is 18.2 Å². The summed E-state index contributed by atoms with van der Waals surface area (Å²) in [6.07, 6.45) is 3.45. The lowest BCUT2D eigenvalue weighted by Gasteiger charge is -2.02. The molecule has 6 nitrogen and oxygen atoms in total. The number of rotatable bonds is 8. The van der Waals surface area contributed by atoms with E-state index in [1.807, 2.05) is 0 Å². The molecule has 0 atom stereocenters. The first-order valence-corrected chi connectivity index (χ1v) is 8.14. The number of benzene rings is 1. The molecule has 1 heterocycles. The zero-order valence-corrected chi connectivity index (χ0v) is 14.2. The van der Waals surface area contributed by atoms with E-state index in [0.717, 1.165) is 6.42 Å². The molecular weight excluding hydrogens is 355 g/mol. The smallest absolute Gasteiger partial charge is 0.303 e. The van der Waals surface area contributed by atoms with Crippen molar-refractivity contribution in [2.75, 3.05) is 6.54 Å². The highest BCUT2D eigenvalue weighted by atomic mass is 35.5. The zero-order valence-electron chi connectivity index (χ0n) is 12.7. The van der Waals surface area contributed by atoms with E-state index in [9.17, 15) is 9.59 Å². The van der Waals surface area contributed by atoms with Crippen molar-refractivity contribution in [2.24, 2.45) is 0 Å². The van der Waals surface area contributed by atoms with Crippen LogP contribution in [0.3, 0.4) is 0 Å². The number of carbonyl (C=O) groups excluding carboxylic acids is 1. The van der Waals surface area contributed by atoms with E-state index >= 15 is 0 Å². The van der Waals surface area contributed by atoms with Gasteiger partial charge in [-0.05, 0) is 31.0 Å². The van der Waals surface area contributed by atoms with Gasteiger partial charge in [0.05, 0.1) is 10.0 Å². The number of hydrogen-bond donors (Lipinski definition) is 2. The third-order valence-electron chi connectivity index (χ3n) is 3.26. The number of carboxylic acids is 1. The van der Waals surface area contributed by atoms with Crippen LogP contribution < -0.4 is 5.32 Å². The molecule has 1 aromatic carbocycles. The van der Waals surface area contributed by atoms with Crippen LogP contribution in [0.1, 0.15) is 36.2 Å². The van der Waals surface area contributed by atoms with Crippen molar-refractivity contribution < 1.29 is 19.1 Å². The quantitative estimate of drug-likeness (QED) is 0.684. The maximum Gasteiger partial charge on any atom is 0.303 e. The molecule has 1 aromatic heterocycles. The molecule has 2 aromatic rings. The first-order valence-electron chi connectivity index (χ1n) is 7.38. The van der Waals surface area contributed by atoms with Crippen molar-refractivity contribution in [1.82, 2.24) is 10.3 Å². The summed E-state index contributed by atoms with van der Waals surface area (Å²) in [6, 6.07) is 4.93. The predicted molar refractivity (Wildman–Crippen MR) is 90.4 cm³/mol. The Labute approximate surface area is 148 Å². The van der Waals surface area contributed by atoms with Crippen LogP contribution >= 0.6 is 23.2 Å². The van der Waals surface area contributed by atoms with E-state index in [4.69, 9.17) is 32.7 Å². The van der Waals surface area contributed by atoms with Gasteiger partial charge in [-0.3, -0.25) is 9.59 Å². The fourth-order valence-corrected chi connectivity index (χ4v) is 2.31. The molecule has 2 rings (SSSR count). The number of aliphatic carboxylic acids is 1. The third kappa shape index (κ3) is 5.25. The van der Waals surface area contributed by atoms with Gasteiger partial charge in [0.25, 0.3) is 5.91 Å². The average molecular weight is 371 g/mol. The van der Waals surface area contributed by atoms with Gasteiger partial charge >= 0.3 is 5.97 Å². The second-order valence-corrected chi connectivity index (χ2v) is 5.94. The van der Waals surface area contributed by atoms with Crippen LogP contribution in [0.5, 0.6) is 0 Å². The normalized spacial score (nSPS) is 10.6. The molecule has 0 fully saturated rings. The lowest BCUT2D eigenvalue weighted by atomic mass is 10.2. The van der Waals surface area contributed by atoms with Gasteiger partial charge in [0.2, 0.25) is 5.89 Å². The summed E-state index contributed by atoms with van der Waals surface area (Å²) in [7, 11) is 0. The Morgan fingerprint density at radius 2 is 1.96 bits per heavy atom. The van der Waals surface area contributed by atoms with Crippen molar-refractivity contribution >= 4 is 35.1 Å². The zero-order chi connectivity index (χ0) is 17.5. The molecule has 0 aliphatic rings. The molecule has 1 amide bonds. The van der Waals surface area contributed by atoms with E-state index in [-0.39, 0.29) is 23.9 Å². The molecule has 0 saturated carbocycles. The minimum atomic E-state index is -0.809.